The number of hydrogen-bond acceptors (Lipinski definition) is 8. The smallest absolute Gasteiger partial charge is 0.214 e. The van der Waals surface area contributed by atoms with Crippen LogP contribution in [0.15, 0.2) is 72.1 Å². The van der Waals surface area contributed by atoms with Gasteiger partial charge in [0.05, 0.1) is 20.4 Å². The van der Waals surface area contributed by atoms with Crippen LogP contribution >= 0.6 is 11.8 Å². The summed E-state index contributed by atoms with van der Waals surface area (Å²) in [6.45, 7) is 0. The van der Waals surface area contributed by atoms with Crippen molar-refractivity contribution in [2.75, 3.05) is 14.2 Å². The quantitative estimate of drug-likeness (QED) is 0.392. The molecule has 152 valence electrons. The van der Waals surface area contributed by atoms with Gasteiger partial charge in [-0.1, -0.05) is 30.0 Å². The molecule has 9 heteroatoms. The third-order valence-corrected chi connectivity index (χ3v) is 5.21. The lowest BCUT2D eigenvalue weighted by Crippen LogP contribution is -2.03. The summed E-state index contributed by atoms with van der Waals surface area (Å²) in [5.74, 6) is 3.39. The molecule has 2 heterocycles. The highest BCUT2D eigenvalue weighted by Crippen LogP contribution is 2.33. The van der Waals surface area contributed by atoms with E-state index in [0.29, 0.717) is 33.8 Å². The molecule has 0 radical (unpaired) electrons. The lowest BCUT2D eigenvalue weighted by molar-refractivity contribution is 0.399. The van der Waals surface area contributed by atoms with Crippen molar-refractivity contribution in [1.82, 2.24) is 25.2 Å². The zero-order valence-electron chi connectivity index (χ0n) is 16.4. The Hall–Kier alpha value is -3.59. The minimum absolute atomic E-state index is 0.614. The molecular weight excluding hydrogens is 402 g/mol. The molecule has 0 bridgehead atoms. The van der Waals surface area contributed by atoms with Crippen LogP contribution in [0.1, 0.15) is 5.56 Å². The first-order chi connectivity index (χ1) is 14.8. The molecule has 2 aromatic heterocycles. The molecule has 30 heavy (non-hydrogen) atoms. The fourth-order valence-corrected chi connectivity index (χ4v) is 3.66. The summed E-state index contributed by atoms with van der Waals surface area (Å²) in [6, 6.07) is 17.0. The van der Waals surface area contributed by atoms with Gasteiger partial charge in [0, 0.05) is 23.6 Å². The summed E-state index contributed by atoms with van der Waals surface area (Å²) in [5.41, 5.74) is 1.71. The van der Waals surface area contributed by atoms with Crippen molar-refractivity contribution in [2.45, 2.75) is 10.9 Å². The maximum absolute atomic E-state index is 5.99. The minimum atomic E-state index is 0.614. The van der Waals surface area contributed by atoms with Crippen LogP contribution in [0.5, 0.6) is 23.0 Å². The molecule has 0 saturated heterocycles. The lowest BCUT2D eigenvalue weighted by atomic mass is 10.2. The number of benzene rings is 2. The molecule has 8 nitrogen and oxygen atoms in total. The van der Waals surface area contributed by atoms with Gasteiger partial charge in [0.2, 0.25) is 5.16 Å². The van der Waals surface area contributed by atoms with E-state index in [2.05, 4.69) is 20.5 Å². The number of thioether (sulfide) groups is 1. The zero-order valence-corrected chi connectivity index (χ0v) is 17.2. The van der Waals surface area contributed by atoms with E-state index in [1.54, 1.807) is 31.3 Å². The van der Waals surface area contributed by atoms with Crippen LogP contribution < -0.4 is 14.2 Å². The average molecular weight is 421 g/mol. The Balaban J connectivity index is 1.57. The molecule has 4 aromatic rings. The largest absolute Gasteiger partial charge is 0.497 e. The number of rotatable bonds is 8. The van der Waals surface area contributed by atoms with Crippen molar-refractivity contribution in [2.24, 2.45) is 0 Å². The van der Waals surface area contributed by atoms with Crippen LogP contribution in [-0.4, -0.2) is 39.4 Å². The molecular formula is C21H19N5O3S. The van der Waals surface area contributed by atoms with E-state index in [1.165, 1.54) is 11.8 Å². The fraction of sp³-hybridized carbons (Fsp3) is 0.143. The van der Waals surface area contributed by atoms with Crippen LogP contribution in [0.2, 0.25) is 0 Å². The van der Waals surface area contributed by atoms with Crippen LogP contribution in [0.4, 0.5) is 0 Å². The number of methoxy groups -OCH3 is 2. The third kappa shape index (κ3) is 4.36. The molecule has 0 aliphatic carbocycles. The Morgan fingerprint density at radius 1 is 0.933 bits per heavy atom. The Kier molecular flexibility index (Phi) is 6.09. The van der Waals surface area contributed by atoms with Gasteiger partial charge in [-0.25, -0.2) is 0 Å². The summed E-state index contributed by atoms with van der Waals surface area (Å²) < 4.78 is 18.4. The monoisotopic (exact) mass is 421 g/mol. The SMILES string of the molecule is COc1ccc(OC)c(-n2nnnc2SCc2ccccc2Oc2cccnc2)c1. The highest BCUT2D eigenvalue weighted by atomic mass is 32.2. The predicted octanol–water partition coefficient (Wildman–Crippen LogP) is 4.16. The van der Waals surface area contributed by atoms with E-state index >= 15 is 0 Å². The summed E-state index contributed by atoms with van der Waals surface area (Å²) in [7, 11) is 3.22. The standard InChI is InChI=1S/C21H19N5O3S/c1-27-16-9-10-20(28-2)18(12-16)26-21(23-24-25-26)30-14-15-6-3-4-8-19(15)29-17-7-5-11-22-13-17/h3-13H,14H2,1-2H3. The number of pyridine rings is 1. The molecule has 0 amide bonds. The number of hydrogen-bond donors (Lipinski definition) is 0. The Labute approximate surface area is 177 Å². The molecule has 0 fully saturated rings. The van der Waals surface area contributed by atoms with Crippen molar-refractivity contribution < 1.29 is 14.2 Å². The summed E-state index contributed by atoms with van der Waals surface area (Å²) in [6.07, 6.45) is 3.39. The zero-order chi connectivity index (χ0) is 20.8. The molecule has 0 spiro atoms. The predicted molar refractivity (Wildman–Crippen MR) is 113 cm³/mol. The van der Waals surface area contributed by atoms with Gasteiger partial charge in [0.25, 0.3) is 0 Å². The van der Waals surface area contributed by atoms with Crippen LogP contribution in [0.25, 0.3) is 5.69 Å². The van der Waals surface area contributed by atoms with Crippen molar-refractivity contribution in [1.29, 1.82) is 0 Å². The highest BCUT2D eigenvalue weighted by molar-refractivity contribution is 7.98. The van der Waals surface area contributed by atoms with Gasteiger partial charge in [-0.2, -0.15) is 4.68 Å². The van der Waals surface area contributed by atoms with Gasteiger partial charge in [-0.05, 0) is 40.8 Å². The van der Waals surface area contributed by atoms with Crippen molar-refractivity contribution in [3.8, 4) is 28.7 Å². The van der Waals surface area contributed by atoms with Gasteiger partial charge in [0.15, 0.2) is 0 Å². The topological polar surface area (TPSA) is 84.2 Å². The molecule has 4 rings (SSSR count). The van der Waals surface area contributed by atoms with Crippen LogP contribution in [-0.2, 0) is 5.75 Å². The first-order valence-electron chi connectivity index (χ1n) is 9.08. The molecule has 0 aliphatic heterocycles. The second-order valence-electron chi connectivity index (χ2n) is 6.10. The van der Waals surface area contributed by atoms with Crippen molar-refractivity contribution in [3.05, 3.63) is 72.6 Å². The Morgan fingerprint density at radius 3 is 2.63 bits per heavy atom. The van der Waals surface area contributed by atoms with Crippen LogP contribution in [0, 0.1) is 0 Å². The van der Waals surface area contributed by atoms with Crippen LogP contribution in [0.3, 0.4) is 0 Å². The number of aromatic nitrogens is 5. The second kappa shape index (κ2) is 9.27. The van der Waals surface area contributed by atoms with Gasteiger partial charge >= 0.3 is 0 Å². The van der Waals surface area contributed by atoms with E-state index in [0.717, 1.165) is 11.3 Å². The Bertz CT molecular complexity index is 1120. The normalized spacial score (nSPS) is 10.6. The first kappa shape index (κ1) is 19.7. The highest BCUT2D eigenvalue weighted by Gasteiger charge is 2.16. The minimum Gasteiger partial charge on any atom is -0.497 e. The third-order valence-electron chi connectivity index (χ3n) is 4.25. The Morgan fingerprint density at radius 2 is 1.83 bits per heavy atom. The van der Waals surface area contributed by atoms with E-state index in [1.807, 2.05) is 54.6 Å². The van der Waals surface area contributed by atoms with Gasteiger partial charge in [-0.3, -0.25) is 4.98 Å². The molecule has 0 unspecified atom stereocenters. The fourth-order valence-electron chi connectivity index (χ4n) is 2.78. The number of tetrazole rings is 1. The van der Waals surface area contributed by atoms with Gasteiger partial charge in [-0.15, -0.1) is 5.10 Å². The molecule has 0 N–H and O–H groups in total. The summed E-state index contributed by atoms with van der Waals surface area (Å²) >= 11 is 1.49. The van der Waals surface area contributed by atoms with Crippen molar-refractivity contribution in [3.63, 3.8) is 0 Å². The maximum Gasteiger partial charge on any atom is 0.214 e. The second-order valence-corrected chi connectivity index (χ2v) is 7.04. The number of ether oxygens (including phenoxy) is 3. The average Bonchev–Trinajstić information content (AvgIpc) is 3.27. The molecule has 0 atom stereocenters. The number of para-hydroxylation sites is 1. The van der Waals surface area contributed by atoms with E-state index < -0.39 is 0 Å². The molecule has 0 saturated carbocycles. The summed E-state index contributed by atoms with van der Waals surface area (Å²) in [4.78, 5) is 4.09. The van der Waals surface area contributed by atoms with E-state index in [9.17, 15) is 0 Å². The van der Waals surface area contributed by atoms with Crippen molar-refractivity contribution >= 4 is 11.8 Å². The van der Waals surface area contributed by atoms with E-state index in [4.69, 9.17) is 14.2 Å². The van der Waals surface area contributed by atoms with Gasteiger partial charge in [0.1, 0.15) is 28.7 Å². The summed E-state index contributed by atoms with van der Waals surface area (Å²) in [5, 5.41) is 12.8. The lowest BCUT2D eigenvalue weighted by Gasteiger charge is -2.12. The van der Waals surface area contributed by atoms with Gasteiger partial charge < -0.3 is 14.2 Å². The molecule has 2 aromatic carbocycles. The number of nitrogens with zero attached hydrogens (tertiary/aromatic N) is 5. The maximum atomic E-state index is 5.99. The molecule has 0 aliphatic rings. The first-order valence-corrected chi connectivity index (χ1v) is 10.1. The van der Waals surface area contributed by atoms with E-state index in [-0.39, 0.29) is 0 Å².